The summed E-state index contributed by atoms with van der Waals surface area (Å²) in [6.45, 7) is 0.396. The van der Waals surface area contributed by atoms with E-state index in [1.54, 1.807) is 31.0 Å². The predicted octanol–water partition coefficient (Wildman–Crippen LogP) is 1.80. The zero-order chi connectivity index (χ0) is 14.0. The van der Waals surface area contributed by atoms with Crippen LogP contribution in [0, 0.1) is 0 Å². The minimum absolute atomic E-state index is 0.122. The second kappa shape index (κ2) is 5.54. The Balaban J connectivity index is 2.44. The fraction of sp³-hybridized carbons (Fsp3) is 0.231. The first-order valence-electron chi connectivity index (χ1n) is 5.79. The Morgan fingerprint density at radius 2 is 2.16 bits per heavy atom. The lowest BCUT2D eigenvalue weighted by Gasteiger charge is -2.10. The van der Waals surface area contributed by atoms with Crippen LogP contribution in [-0.2, 0) is 6.54 Å². The van der Waals surface area contributed by atoms with Crippen molar-refractivity contribution in [2.45, 2.75) is 6.54 Å². The third-order valence-corrected chi connectivity index (χ3v) is 3.50. The highest BCUT2D eigenvalue weighted by molar-refractivity contribution is 9.10. The second-order valence-corrected chi connectivity index (χ2v) is 5.14. The third kappa shape index (κ3) is 2.69. The number of hydrogen-bond donors (Lipinski definition) is 1. The normalized spacial score (nSPS) is 10.5. The molecule has 0 aliphatic heterocycles. The van der Waals surface area contributed by atoms with Crippen LogP contribution in [0.3, 0.4) is 0 Å². The van der Waals surface area contributed by atoms with Crippen molar-refractivity contribution in [3.63, 3.8) is 0 Å². The molecule has 0 atom stereocenters. The first kappa shape index (κ1) is 13.8. The number of rotatable bonds is 3. The Hall–Kier alpha value is -1.66. The molecule has 1 heterocycles. The van der Waals surface area contributed by atoms with Crippen molar-refractivity contribution in [3.8, 4) is 5.69 Å². The number of halogens is 1. The van der Waals surface area contributed by atoms with Gasteiger partial charge in [-0.1, -0.05) is 22.0 Å². The first-order valence-corrected chi connectivity index (χ1v) is 6.59. The largest absolute Gasteiger partial charge is 0.343 e. The van der Waals surface area contributed by atoms with E-state index in [0.29, 0.717) is 12.2 Å². The van der Waals surface area contributed by atoms with E-state index in [-0.39, 0.29) is 5.91 Å². The molecule has 19 heavy (non-hydrogen) atoms. The molecule has 1 aromatic heterocycles. The molecule has 0 saturated heterocycles. The van der Waals surface area contributed by atoms with Gasteiger partial charge in [-0.05, 0) is 18.2 Å². The van der Waals surface area contributed by atoms with Gasteiger partial charge in [0.2, 0.25) is 0 Å². The molecule has 2 aromatic rings. The highest BCUT2D eigenvalue weighted by Crippen LogP contribution is 2.23. The van der Waals surface area contributed by atoms with Gasteiger partial charge < -0.3 is 10.6 Å². The smallest absolute Gasteiger partial charge is 0.273 e. The van der Waals surface area contributed by atoms with Crippen LogP contribution in [0.25, 0.3) is 5.69 Å². The zero-order valence-electron chi connectivity index (χ0n) is 10.8. The van der Waals surface area contributed by atoms with E-state index >= 15 is 0 Å². The molecule has 0 fully saturated rings. The first-order chi connectivity index (χ1) is 9.04. The molecule has 1 amide bonds. The molecule has 0 spiro atoms. The molecule has 0 unspecified atom stereocenters. The zero-order valence-corrected chi connectivity index (χ0v) is 12.4. The molecule has 0 aliphatic carbocycles. The van der Waals surface area contributed by atoms with Gasteiger partial charge in [0.15, 0.2) is 5.69 Å². The lowest BCUT2D eigenvalue weighted by atomic mass is 10.2. The summed E-state index contributed by atoms with van der Waals surface area (Å²) in [5.41, 5.74) is 7.99. The standard InChI is InChI=1S/C13H15BrN4O/c1-17(2)13(19)11-6-7-18(16-11)12-5-3-4-10(14)9(12)8-15/h3-7H,8,15H2,1-2H3. The summed E-state index contributed by atoms with van der Waals surface area (Å²) in [4.78, 5) is 13.3. The molecule has 2 N–H and O–H groups in total. The van der Waals surface area contributed by atoms with E-state index < -0.39 is 0 Å². The predicted molar refractivity (Wildman–Crippen MR) is 77.2 cm³/mol. The molecule has 5 nitrogen and oxygen atoms in total. The molecule has 0 radical (unpaired) electrons. The van der Waals surface area contributed by atoms with Gasteiger partial charge in [0.1, 0.15) is 0 Å². The SMILES string of the molecule is CN(C)C(=O)c1ccn(-c2cccc(Br)c2CN)n1. The van der Waals surface area contributed by atoms with Crippen molar-refractivity contribution in [1.82, 2.24) is 14.7 Å². The summed E-state index contributed by atoms with van der Waals surface area (Å²) >= 11 is 3.47. The van der Waals surface area contributed by atoms with Gasteiger partial charge in [0, 0.05) is 36.9 Å². The van der Waals surface area contributed by atoms with Gasteiger partial charge in [0.25, 0.3) is 5.91 Å². The van der Waals surface area contributed by atoms with Crippen LogP contribution in [0.4, 0.5) is 0 Å². The Kier molecular flexibility index (Phi) is 4.01. The molecular formula is C13H15BrN4O. The summed E-state index contributed by atoms with van der Waals surface area (Å²) in [5, 5.41) is 4.30. The molecule has 6 heteroatoms. The maximum absolute atomic E-state index is 11.8. The number of amides is 1. The lowest BCUT2D eigenvalue weighted by molar-refractivity contribution is 0.0821. The van der Waals surface area contributed by atoms with Crippen LogP contribution in [0.1, 0.15) is 16.1 Å². The van der Waals surface area contributed by atoms with Crippen molar-refractivity contribution < 1.29 is 4.79 Å². The summed E-state index contributed by atoms with van der Waals surface area (Å²) in [6.07, 6.45) is 1.76. The fourth-order valence-corrected chi connectivity index (χ4v) is 2.28. The van der Waals surface area contributed by atoms with Gasteiger partial charge in [-0.15, -0.1) is 0 Å². The van der Waals surface area contributed by atoms with E-state index in [9.17, 15) is 4.79 Å². The number of benzene rings is 1. The lowest BCUT2D eigenvalue weighted by Crippen LogP contribution is -2.22. The van der Waals surface area contributed by atoms with Crippen LogP contribution >= 0.6 is 15.9 Å². The minimum Gasteiger partial charge on any atom is -0.343 e. The van der Waals surface area contributed by atoms with Gasteiger partial charge >= 0.3 is 0 Å². The average molecular weight is 323 g/mol. The van der Waals surface area contributed by atoms with Gasteiger partial charge in [-0.25, -0.2) is 4.68 Å². The Morgan fingerprint density at radius 3 is 2.79 bits per heavy atom. The van der Waals surface area contributed by atoms with Crippen LogP contribution in [0.5, 0.6) is 0 Å². The van der Waals surface area contributed by atoms with Crippen molar-refractivity contribution in [1.29, 1.82) is 0 Å². The second-order valence-electron chi connectivity index (χ2n) is 4.29. The van der Waals surface area contributed by atoms with E-state index in [1.165, 1.54) is 4.90 Å². The highest BCUT2D eigenvalue weighted by atomic mass is 79.9. The maximum atomic E-state index is 11.8. The van der Waals surface area contributed by atoms with Crippen LogP contribution < -0.4 is 5.73 Å². The van der Waals surface area contributed by atoms with Crippen molar-refractivity contribution >= 4 is 21.8 Å². The third-order valence-electron chi connectivity index (χ3n) is 2.76. The number of nitrogens with zero attached hydrogens (tertiary/aromatic N) is 3. The molecule has 2 rings (SSSR count). The van der Waals surface area contributed by atoms with Crippen LogP contribution in [0.2, 0.25) is 0 Å². The van der Waals surface area contributed by atoms with E-state index in [0.717, 1.165) is 15.7 Å². The summed E-state index contributed by atoms with van der Waals surface area (Å²) < 4.78 is 2.60. The highest BCUT2D eigenvalue weighted by Gasteiger charge is 2.13. The van der Waals surface area contributed by atoms with Crippen molar-refractivity contribution in [3.05, 3.63) is 46.2 Å². The molecule has 0 aliphatic rings. The number of carbonyl (C=O) groups is 1. The summed E-state index contributed by atoms with van der Waals surface area (Å²) in [6, 6.07) is 7.46. The maximum Gasteiger partial charge on any atom is 0.273 e. The fourth-order valence-electron chi connectivity index (χ4n) is 1.77. The van der Waals surface area contributed by atoms with Gasteiger partial charge in [-0.3, -0.25) is 4.79 Å². The molecule has 0 saturated carbocycles. The minimum atomic E-state index is -0.122. The van der Waals surface area contributed by atoms with Crippen molar-refractivity contribution in [2.75, 3.05) is 14.1 Å². The van der Waals surface area contributed by atoms with Crippen LogP contribution in [0.15, 0.2) is 34.9 Å². The molecular weight excluding hydrogens is 308 g/mol. The summed E-state index contributed by atoms with van der Waals surface area (Å²) in [5.74, 6) is -0.122. The van der Waals surface area contributed by atoms with E-state index in [1.807, 2.05) is 18.2 Å². The average Bonchev–Trinajstić information content (AvgIpc) is 2.86. The number of aromatic nitrogens is 2. The molecule has 0 bridgehead atoms. The Morgan fingerprint density at radius 1 is 1.42 bits per heavy atom. The number of carbonyl (C=O) groups excluding carboxylic acids is 1. The van der Waals surface area contributed by atoms with Crippen molar-refractivity contribution in [2.24, 2.45) is 5.73 Å². The monoisotopic (exact) mass is 322 g/mol. The van der Waals surface area contributed by atoms with Gasteiger partial charge in [-0.2, -0.15) is 5.10 Å². The Labute approximate surface area is 120 Å². The molecule has 1 aromatic carbocycles. The summed E-state index contributed by atoms with van der Waals surface area (Å²) in [7, 11) is 3.40. The van der Waals surface area contributed by atoms with Gasteiger partial charge in [0.05, 0.1) is 5.69 Å². The quantitative estimate of drug-likeness (QED) is 0.937. The number of hydrogen-bond acceptors (Lipinski definition) is 3. The number of nitrogens with two attached hydrogens (primary N) is 1. The van der Waals surface area contributed by atoms with E-state index in [2.05, 4.69) is 21.0 Å². The van der Waals surface area contributed by atoms with Crippen LogP contribution in [-0.4, -0.2) is 34.7 Å². The topological polar surface area (TPSA) is 64.2 Å². The van der Waals surface area contributed by atoms with E-state index in [4.69, 9.17) is 5.73 Å². The Bertz CT molecular complexity index is 606. The molecule has 100 valence electrons.